The number of ether oxygens (including phenoxy) is 3. The second-order valence-electron chi connectivity index (χ2n) is 5.87. The van der Waals surface area contributed by atoms with Gasteiger partial charge in [0.2, 0.25) is 6.79 Å². The van der Waals surface area contributed by atoms with Crippen LogP contribution in [0.3, 0.4) is 0 Å². The topological polar surface area (TPSA) is 44.8 Å². The molecule has 3 atom stereocenters. The smallest absolute Gasteiger partial charge is 0.231 e. The lowest BCUT2D eigenvalue weighted by Crippen LogP contribution is -2.29. The molecule has 0 spiro atoms. The van der Waals surface area contributed by atoms with Crippen LogP contribution >= 0.6 is 0 Å². The average molecular weight is 276 g/mol. The lowest BCUT2D eigenvalue weighted by Gasteiger charge is -2.32. The molecule has 1 aliphatic carbocycles. The minimum atomic E-state index is 0.181. The molecule has 20 heavy (non-hydrogen) atoms. The maximum Gasteiger partial charge on any atom is 0.231 e. The quantitative estimate of drug-likeness (QED) is 0.793. The van der Waals surface area contributed by atoms with E-state index < -0.39 is 0 Å². The number of hydrogen-bond acceptors (Lipinski definition) is 4. The first-order valence-electron chi connectivity index (χ1n) is 7.23. The van der Waals surface area contributed by atoms with Gasteiger partial charge in [0.25, 0.3) is 0 Å². The molecule has 0 aromatic heterocycles. The highest BCUT2D eigenvalue weighted by molar-refractivity contribution is 5.81. The maximum absolute atomic E-state index is 11.2. The van der Waals surface area contributed by atoms with Crippen LogP contribution in [0.25, 0.3) is 0 Å². The Morgan fingerprint density at radius 1 is 1.15 bits per heavy atom. The van der Waals surface area contributed by atoms with Crippen LogP contribution in [0.2, 0.25) is 0 Å². The maximum atomic E-state index is 11.2. The molecule has 3 rings (SSSR count). The normalized spacial score (nSPS) is 28.2. The lowest BCUT2D eigenvalue weighted by molar-refractivity contribution is 0.0975. The number of hydrogen-bond donors (Lipinski definition) is 0. The van der Waals surface area contributed by atoms with Gasteiger partial charge in [-0.3, -0.25) is 4.79 Å². The minimum Gasteiger partial charge on any atom is -0.490 e. The Hall–Kier alpha value is -1.71. The van der Waals surface area contributed by atoms with E-state index in [2.05, 4.69) is 13.8 Å². The second-order valence-corrected chi connectivity index (χ2v) is 5.87. The molecule has 4 nitrogen and oxygen atoms in total. The summed E-state index contributed by atoms with van der Waals surface area (Å²) in [6.45, 7) is 4.76. The van der Waals surface area contributed by atoms with Crippen molar-refractivity contribution in [3.63, 3.8) is 0 Å². The van der Waals surface area contributed by atoms with Crippen molar-refractivity contribution in [1.82, 2.24) is 0 Å². The molecule has 3 unspecified atom stereocenters. The van der Waals surface area contributed by atoms with E-state index in [9.17, 15) is 4.79 Å². The molecule has 0 radical (unpaired) electrons. The molecular formula is C16H20O4. The highest BCUT2D eigenvalue weighted by Crippen LogP contribution is 2.39. The second kappa shape index (κ2) is 5.35. The predicted octanol–water partition coefficient (Wildman–Crippen LogP) is 3.43. The highest BCUT2D eigenvalue weighted by atomic mass is 16.7. The van der Waals surface area contributed by atoms with Crippen LogP contribution in [0.1, 0.15) is 43.5 Å². The highest BCUT2D eigenvalue weighted by Gasteiger charge is 2.27. The molecule has 2 aliphatic rings. The Kier molecular flexibility index (Phi) is 3.55. The molecule has 108 valence electrons. The van der Waals surface area contributed by atoms with Crippen molar-refractivity contribution < 1.29 is 19.0 Å². The first-order chi connectivity index (χ1) is 9.67. The van der Waals surface area contributed by atoms with Crippen molar-refractivity contribution in [2.24, 2.45) is 11.8 Å². The largest absolute Gasteiger partial charge is 0.490 e. The van der Waals surface area contributed by atoms with Crippen molar-refractivity contribution in [3.05, 3.63) is 17.7 Å². The van der Waals surface area contributed by atoms with Gasteiger partial charge in [-0.05, 0) is 37.2 Å². The van der Waals surface area contributed by atoms with E-state index >= 15 is 0 Å². The lowest BCUT2D eigenvalue weighted by atomic mass is 9.80. The molecule has 0 saturated heterocycles. The first kappa shape index (κ1) is 13.3. The number of carbonyl (C=O) groups excluding carboxylic acids is 1. The fraction of sp³-hybridized carbons (Fsp3) is 0.562. The Labute approximate surface area is 119 Å². The molecule has 1 heterocycles. The zero-order chi connectivity index (χ0) is 14.1. The van der Waals surface area contributed by atoms with Gasteiger partial charge in [-0.2, -0.15) is 0 Å². The van der Waals surface area contributed by atoms with E-state index in [4.69, 9.17) is 14.2 Å². The molecule has 1 aliphatic heterocycles. The van der Waals surface area contributed by atoms with Gasteiger partial charge in [0.15, 0.2) is 17.8 Å². The molecular weight excluding hydrogens is 256 g/mol. The Morgan fingerprint density at radius 3 is 2.60 bits per heavy atom. The van der Waals surface area contributed by atoms with Gasteiger partial charge in [0.1, 0.15) is 5.75 Å². The van der Waals surface area contributed by atoms with Crippen molar-refractivity contribution in [2.75, 3.05) is 6.79 Å². The molecule has 1 saturated carbocycles. The summed E-state index contributed by atoms with van der Waals surface area (Å²) in [6.07, 6.45) is 4.24. The third kappa shape index (κ3) is 2.47. The van der Waals surface area contributed by atoms with Crippen molar-refractivity contribution in [1.29, 1.82) is 0 Å². The zero-order valence-corrected chi connectivity index (χ0v) is 11.9. The fourth-order valence-electron chi connectivity index (χ4n) is 2.92. The average Bonchev–Trinajstić information content (AvgIpc) is 2.89. The van der Waals surface area contributed by atoms with Gasteiger partial charge < -0.3 is 14.2 Å². The zero-order valence-electron chi connectivity index (χ0n) is 11.9. The third-order valence-corrected chi connectivity index (χ3v) is 4.48. The van der Waals surface area contributed by atoms with Gasteiger partial charge >= 0.3 is 0 Å². The van der Waals surface area contributed by atoms with E-state index in [0.29, 0.717) is 28.7 Å². The molecule has 0 bridgehead atoms. The summed E-state index contributed by atoms with van der Waals surface area (Å²) in [7, 11) is 0. The minimum absolute atomic E-state index is 0.181. The van der Waals surface area contributed by atoms with Crippen LogP contribution in [0.4, 0.5) is 0 Å². The molecule has 0 amide bonds. The number of carbonyl (C=O) groups is 1. The number of benzene rings is 1. The third-order valence-electron chi connectivity index (χ3n) is 4.48. The summed E-state index contributed by atoms with van der Waals surface area (Å²) in [5, 5.41) is 0. The molecule has 4 heteroatoms. The van der Waals surface area contributed by atoms with E-state index in [1.807, 2.05) is 0 Å². The van der Waals surface area contributed by atoms with Gasteiger partial charge in [-0.25, -0.2) is 0 Å². The van der Waals surface area contributed by atoms with Crippen LogP contribution in [-0.2, 0) is 0 Å². The summed E-state index contributed by atoms with van der Waals surface area (Å²) >= 11 is 0. The van der Waals surface area contributed by atoms with Crippen LogP contribution in [0.15, 0.2) is 12.1 Å². The fourth-order valence-corrected chi connectivity index (χ4v) is 2.92. The molecule has 1 aromatic carbocycles. The first-order valence-corrected chi connectivity index (χ1v) is 7.23. The van der Waals surface area contributed by atoms with E-state index in [0.717, 1.165) is 25.0 Å². The van der Waals surface area contributed by atoms with Crippen molar-refractivity contribution in [2.45, 2.75) is 39.2 Å². The summed E-state index contributed by atoms with van der Waals surface area (Å²) in [4.78, 5) is 11.2. The number of rotatable bonds is 3. The summed E-state index contributed by atoms with van der Waals surface area (Å²) in [6, 6.07) is 3.47. The Balaban J connectivity index is 1.78. The molecule has 0 N–H and O–H groups in total. The standard InChI is InChI=1S/C16H20O4/c1-10-3-4-13(5-11(10)2)20-14-7-16-15(18-9-19-16)6-12(14)8-17/h6-8,10-11,13H,3-5,9H2,1-2H3. The number of aldehydes is 1. The van der Waals surface area contributed by atoms with Gasteiger partial charge in [-0.1, -0.05) is 13.8 Å². The van der Waals surface area contributed by atoms with E-state index in [-0.39, 0.29) is 12.9 Å². The number of fused-ring (bicyclic) bond motifs is 1. The summed E-state index contributed by atoms with van der Waals surface area (Å²) in [5.41, 5.74) is 0.528. The van der Waals surface area contributed by atoms with E-state index in [1.54, 1.807) is 12.1 Å². The predicted molar refractivity (Wildman–Crippen MR) is 74.5 cm³/mol. The van der Waals surface area contributed by atoms with Gasteiger partial charge in [0, 0.05) is 6.07 Å². The van der Waals surface area contributed by atoms with Crippen LogP contribution in [0, 0.1) is 11.8 Å². The molecule has 1 fully saturated rings. The molecule has 1 aromatic rings. The SMILES string of the molecule is CC1CCC(Oc2cc3c(cc2C=O)OCO3)CC1C. The van der Waals surface area contributed by atoms with Crippen LogP contribution in [-0.4, -0.2) is 19.2 Å². The summed E-state index contributed by atoms with van der Waals surface area (Å²) in [5.74, 6) is 3.28. The monoisotopic (exact) mass is 276 g/mol. The van der Waals surface area contributed by atoms with Crippen LogP contribution < -0.4 is 14.2 Å². The van der Waals surface area contributed by atoms with Crippen molar-refractivity contribution >= 4 is 6.29 Å². The van der Waals surface area contributed by atoms with Crippen molar-refractivity contribution in [3.8, 4) is 17.2 Å². The van der Waals surface area contributed by atoms with Crippen LogP contribution in [0.5, 0.6) is 17.2 Å². The summed E-state index contributed by atoms with van der Waals surface area (Å²) < 4.78 is 16.7. The van der Waals surface area contributed by atoms with Gasteiger partial charge in [-0.15, -0.1) is 0 Å². The Bertz CT molecular complexity index is 511. The Morgan fingerprint density at radius 2 is 1.90 bits per heavy atom. The van der Waals surface area contributed by atoms with E-state index in [1.165, 1.54) is 6.42 Å². The van der Waals surface area contributed by atoms with Gasteiger partial charge in [0.05, 0.1) is 11.7 Å².